The average molecular weight is 248 g/mol. The van der Waals surface area contributed by atoms with E-state index in [9.17, 15) is 0 Å². The highest BCUT2D eigenvalue weighted by atomic mass is 16.5. The van der Waals surface area contributed by atoms with Crippen molar-refractivity contribution in [1.29, 1.82) is 0 Å². The first-order chi connectivity index (χ1) is 8.38. The lowest BCUT2D eigenvalue weighted by atomic mass is 10.0. The van der Waals surface area contributed by atoms with Gasteiger partial charge in [0.1, 0.15) is 5.75 Å². The summed E-state index contributed by atoms with van der Waals surface area (Å²) in [5.74, 6) is 0.841. The fraction of sp³-hybridized carbons (Fsp3) is 0.467. The van der Waals surface area contributed by atoms with Crippen LogP contribution in [0.15, 0.2) is 30.9 Å². The van der Waals surface area contributed by atoms with Crippen molar-refractivity contribution in [3.8, 4) is 5.75 Å². The summed E-state index contributed by atoms with van der Waals surface area (Å²) in [5, 5.41) is 0. The molecule has 0 aromatic heterocycles. The van der Waals surface area contributed by atoms with Gasteiger partial charge in [-0.05, 0) is 26.8 Å². The van der Waals surface area contributed by atoms with Crippen molar-refractivity contribution < 1.29 is 4.74 Å². The Hall–Kier alpha value is -1.48. The molecule has 0 aliphatic carbocycles. The van der Waals surface area contributed by atoms with Crippen LogP contribution in [0.2, 0.25) is 0 Å². The zero-order chi connectivity index (χ0) is 13.8. The second kappa shape index (κ2) is 5.91. The van der Waals surface area contributed by atoms with E-state index in [1.54, 1.807) is 7.11 Å². The number of hydrogen-bond acceptors (Lipinski definition) is 3. The molecular weight excluding hydrogens is 224 g/mol. The van der Waals surface area contributed by atoms with Crippen LogP contribution in [0.5, 0.6) is 5.75 Å². The summed E-state index contributed by atoms with van der Waals surface area (Å²) < 4.78 is 5.39. The van der Waals surface area contributed by atoms with Gasteiger partial charge in [0, 0.05) is 35.9 Å². The molecule has 0 fully saturated rings. The molecule has 1 rings (SSSR count). The molecule has 0 atom stereocenters. The summed E-state index contributed by atoms with van der Waals surface area (Å²) in [6.45, 7) is 12.1. The molecule has 0 aliphatic rings. The minimum absolute atomic E-state index is 0.0839. The second-order valence-corrected chi connectivity index (χ2v) is 5.41. The van der Waals surface area contributed by atoms with Crippen LogP contribution in [0.4, 0.5) is 5.69 Å². The van der Waals surface area contributed by atoms with Gasteiger partial charge in [0.05, 0.1) is 7.11 Å². The Morgan fingerprint density at radius 1 is 1.39 bits per heavy atom. The number of nitrogen functional groups attached to an aromatic ring is 1. The summed E-state index contributed by atoms with van der Waals surface area (Å²) in [4.78, 5) is 2.34. The largest absolute Gasteiger partial charge is 0.496 e. The first-order valence-corrected chi connectivity index (χ1v) is 6.17. The standard InChI is InChI=1S/C15H24N2O/c1-6-9-17(15(2,3)4)11-12-7-8-13(16)10-14(12)18-5/h6-8,10H,1,9,11,16H2,2-5H3. The Balaban J connectivity index is 2.96. The molecule has 0 heterocycles. The fourth-order valence-electron chi connectivity index (χ4n) is 1.83. The molecule has 3 heteroatoms. The number of anilines is 1. The van der Waals surface area contributed by atoms with Gasteiger partial charge in [0.15, 0.2) is 0 Å². The molecule has 0 radical (unpaired) electrons. The minimum Gasteiger partial charge on any atom is -0.496 e. The molecule has 18 heavy (non-hydrogen) atoms. The van der Waals surface area contributed by atoms with E-state index in [0.717, 1.165) is 30.1 Å². The molecule has 0 spiro atoms. The first kappa shape index (κ1) is 14.6. The van der Waals surface area contributed by atoms with E-state index in [0.29, 0.717) is 0 Å². The molecule has 3 nitrogen and oxygen atoms in total. The van der Waals surface area contributed by atoms with Crippen LogP contribution < -0.4 is 10.5 Å². The number of methoxy groups -OCH3 is 1. The van der Waals surface area contributed by atoms with Gasteiger partial charge in [0.25, 0.3) is 0 Å². The maximum Gasteiger partial charge on any atom is 0.125 e. The van der Waals surface area contributed by atoms with Gasteiger partial charge >= 0.3 is 0 Å². The normalized spacial score (nSPS) is 11.6. The third kappa shape index (κ3) is 3.77. The van der Waals surface area contributed by atoms with Crippen LogP contribution >= 0.6 is 0 Å². The maximum absolute atomic E-state index is 5.77. The molecule has 0 saturated carbocycles. The molecule has 0 unspecified atom stereocenters. The predicted molar refractivity (Wildman–Crippen MR) is 77.8 cm³/mol. The third-order valence-corrected chi connectivity index (χ3v) is 2.97. The summed E-state index contributed by atoms with van der Waals surface area (Å²) >= 11 is 0. The Bertz CT molecular complexity index is 407. The lowest BCUT2D eigenvalue weighted by molar-refractivity contribution is 0.144. The smallest absolute Gasteiger partial charge is 0.125 e. The van der Waals surface area contributed by atoms with Crippen LogP contribution in [0, 0.1) is 0 Å². The molecular formula is C15H24N2O. The number of nitrogens with zero attached hydrogens (tertiary/aromatic N) is 1. The lowest BCUT2D eigenvalue weighted by Gasteiger charge is -2.35. The zero-order valence-corrected chi connectivity index (χ0v) is 11.9. The summed E-state index contributed by atoms with van der Waals surface area (Å²) in [6, 6.07) is 5.80. The highest BCUT2D eigenvalue weighted by Gasteiger charge is 2.21. The van der Waals surface area contributed by atoms with Crippen LogP contribution in [0.25, 0.3) is 0 Å². The van der Waals surface area contributed by atoms with Gasteiger partial charge in [-0.15, -0.1) is 6.58 Å². The number of hydrogen-bond donors (Lipinski definition) is 1. The Morgan fingerprint density at radius 2 is 2.06 bits per heavy atom. The number of ether oxygens (including phenoxy) is 1. The summed E-state index contributed by atoms with van der Waals surface area (Å²) in [7, 11) is 1.67. The van der Waals surface area contributed by atoms with Gasteiger partial charge in [-0.1, -0.05) is 12.1 Å². The highest BCUT2D eigenvalue weighted by molar-refractivity contribution is 5.48. The van der Waals surface area contributed by atoms with Crippen molar-refractivity contribution in [2.75, 3.05) is 19.4 Å². The highest BCUT2D eigenvalue weighted by Crippen LogP contribution is 2.25. The average Bonchev–Trinajstić information content (AvgIpc) is 2.29. The van der Waals surface area contributed by atoms with Crippen molar-refractivity contribution in [2.45, 2.75) is 32.9 Å². The third-order valence-electron chi connectivity index (χ3n) is 2.97. The zero-order valence-electron chi connectivity index (χ0n) is 11.9. The molecule has 100 valence electrons. The Morgan fingerprint density at radius 3 is 2.56 bits per heavy atom. The molecule has 1 aromatic rings. The second-order valence-electron chi connectivity index (χ2n) is 5.41. The molecule has 0 amide bonds. The first-order valence-electron chi connectivity index (χ1n) is 6.17. The fourth-order valence-corrected chi connectivity index (χ4v) is 1.83. The maximum atomic E-state index is 5.77. The van der Waals surface area contributed by atoms with Gasteiger partial charge in [-0.3, -0.25) is 4.90 Å². The topological polar surface area (TPSA) is 38.5 Å². The SMILES string of the molecule is C=CCN(Cc1ccc(N)cc1OC)C(C)(C)C. The number of nitrogens with two attached hydrogens (primary N) is 1. The monoisotopic (exact) mass is 248 g/mol. The quantitative estimate of drug-likeness (QED) is 0.643. The van der Waals surface area contributed by atoms with Crippen molar-refractivity contribution in [3.63, 3.8) is 0 Å². The number of benzene rings is 1. The van der Waals surface area contributed by atoms with Crippen molar-refractivity contribution in [3.05, 3.63) is 36.4 Å². The minimum atomic E-state index is 0.0839. The Kier molecular flexibility index (Phi) is 4.79. The van der Waals surface area contributed by atoms with Crippen LogP contribution in [-0.4, -0.2) is 24.1 Å². The van der Waals surface area contributed by atoms with Crippen LogP contribution in [-0.2, 0) is 6.54 Å². The van der Waals surface area contributed by atoms with E-state index >= 15 is 0 Å². The van der Waals surface area contributed by atoms with E-state index in [1.807, 2.05) is 24.3 Å². The lowest BCUT2D eigenvalue weighted by Crippen LogP contribution is -2.40. The van der Waals surface area contributed by atoms with Crippen molar-refractivity contribution in [1.82, 2.24) is 4.90 Å². The van der Waals surface area contributed by atoms with E-state index in [1.165, 1.54) is 0 Å². The summed E-state index contributed by atoms with van der Waals surface area (Å²) in [5.41, 5.74) is 7.72. The van der Waals surface area contributed by atoms with E-state index in [2.05, 4.69) is 32.3 Å². The van der Waals surface area contributed by atoms with Crippen LogP contribution in [0.1, 0.15) is 26.3 Å². The Labute approximate surface area is 110 Å². The van der Waals surface area contributed by atoms with Gasteiger partial charge in [0.2, 0.25) is 0 Å². The molecule has 0 bridgehead atoms. The van der Waals surface area contributed by atoms with Gasteiger partial charge in [-0.25, -0.2) is 0 Å². The summed E-state index contributed by atoms with van der Waals surface area (Å²) in [6.07, 6.45) is 1.93. The molecule has 1 aromatic carbocycles. The van der Waals surface area contributed by atoms with E-state index in [-0.39, 0.29) is 5.54 Å². The molecule has 0 saturated heterocycles. The molecule has 2 N–H and O–H groups in total. The molecule has 0 aliphatic heterocycles. The van der Waals surface area contributed by atoms with Gasteiger partial charge in [-0.2, -0.15) is 0 Å². The number of rotatable bonds is 5. The van der Waals surface area contributed by atoms with E-state index < -0.39 is 0 Å². The predicted octanol–water partition coefficient (Wildman–Crippen LogP) is 3.06. The van der Waals surface area contributed by atoms with Gasteiger partial charge < -0.3 is 10.5 Å². The van der Waals surface area contributed by atoms with Crippen molar-refractivity contribution in [2.24, 2.45) is 0 Å². The van der Waals surface area contributed by atoms with Crippen molar-refractivity contribution >= 4 is 5.69 Å². The van der Waals surface area contributed by atoms with E-state index in [4.69, 9.17) is 10.5 Å². The van der Waals surface area contributed by atoms with Crippen LogP contribution in [0.3, 0.4) is 0 Å².